The van der Waals surface area contributed by atoms with Crippen molar-refractivity contribution in [2.75, 3.05) is 19.7 Å². The molecule has 0 aromatic heterocycles. The van der Waals surface area contributed by atoms with Crippen LogP contribution in [0.15, 0.2) is 0 Å². The van der Waals surface area contributed by atoms with Gasteiger partial charge in [-0.3, -0.25) is 0 Å². The molecule has 1 aliphatic carbocycles. The molecule has 1 N–H and O–H groups in total. The molecule has 2 fully saturated rings. The van der Waals surface area contributed by atoms with Crippen LogP contribution in [0.3, 0.4) is 0 Å². The maximum Gasteiger partial charge on any atom is 0.0728 e. The molecule has 1 heterocycles. The molecule has 1 saturated carbocycles. The molecule has 1 unspecified atom stereocenters. The predicted octanol–water partition coefficient (Wildman–Crippen LogP) is 0.775. The second kappa shape index (κ2) is 2.89. The highest BCUT2D eigenvalue weighted by molar-refractivity contribution is 4.81. The van der Waals surface area contributed by atoms with E-state index < -0.39 is 0 Å². The monoisotopic (exact) mass is 141 g/mol. The molecular formula is C8H15NO. The molecule has 1 aliphatic heterocycles. The molecule has 2 rings (SSSR count). The number of hydrogen-bond donors (Lipinski definition) is 1. The van der Waals surface area contributed by atoms with E-state index in [9.17, 15) is 0 Å². The third-order valence-electron chi connectivity index (χ3n) is 2.63. The molecule has 0 aromatic carbocycles. The van der Waals surface area contributed by atoms with Crippen LogP contribution in [0.2, 0.25) is 0 Å². The van der Waals surface area contributed by atoms with E-state index >= 15 is 0 Å². The average molecular weight is 141 g/mol. The van der Waals surface area contributed by atoms with Gasteiger partial charge in [0.2, 0.25) is 0 Å². The molecule has 1 saturated heterocycles. The van der Waals surface area contributed by atoms with Gasteiger partial charge >= 0.3 is 0 Å². The molecule has 1 atom stereocenters. The Morgan fingerprint density at radius 2 is 2.20 bits per heavy atom. The summed E-state index contributed by atoms with van der Waals surface area (Å²) in [6.07, 6.45) is 4.76. The van der Waals surface area contributed by atoms with Crippen molar-refractivity contribution in [3.8, 4) is 0 Å². The van der Waals surface area contributed by atoms with Crippen LogP contribution in [0, 0.1) is 5.92 Å². The van der Waals surface area contributed by atoms with Gasteiger partial charge in [-0.15, -0.1) is 0 Å². The molecule has 10 heavy (non-hydrogen) atoms. The van der Waals surface area contributed by atoms with Crippen molar-refractivity contribution in [3.63, 3.8) is 0 Å². The Balaban J connectivity index is 1.78. The third kappa shape index (κ3) is 1.18. The van der Waals surface area contributed by atoms with Gasteiger partial charge in [-0.2, -0.15) is 0 Å². The molecule has 0 bridgehead atoms. The van der Waals surface area contributed by atoms with Crippen LogP contribution in [0.4, 0.5) is 0 Å². The van der Waals surface area contributed by atoms with Crippen LogP contribution in [-0.4, -0.2) is 25.8 Å². The Hall–Kier alpha value is -0.0800. The zero-order chi connectivity index (χ0) is 6.81. The molecular weight excluding hydrogens is 126 g/mol. The SMILES string of the molecule is C1CC(C2CNCCO2)C1. The maximum atomic E-state index is 5.62. The number of rotatable bonds is 1. The Morgan fingerprint density at radius 1 is 1.30 bits per heavy atom. The van der Waals surface area contributed by atoms with Crippen molar-refractivity contribution < 1.29 is 4.74 Å². The summed E-state index contributed by atoms with van der Waals surface area (Å²) in [5.41, 5.74) is 0. The summed E-state index contributed by atoms with van der Waals surface area (Å²) in [6, 6.07) is 0. The number of nitrogens with one attached hydrogen (secondary N) is 1. The van der Waals surface area contributed by atoms with Gasteiger partial charge in [0.25, 0.3) is 0 Å². The van der Waals surface area contributed by atoms with Gasteiger partial charge < -0.3 is 10.1 Å². The van der Waals surface area contributed by atoms with Gasteiger partial charge in [-0.25, -0.2) is 0 Å². The quantitative estimate of drug-likeness (QED) is 0.582. The Morgan fingerprint density at radius 3 is 2.70 bits per heavy atom. The van der Waals surface area contributed by atoms with Gasteiger partial charge in [0.1, 0.15) is 0 Å². The second-order valence-electron chi connectivity index (χ2n) is 3.30. The van der Waals surface area contributed by atoms with E-state index in [2.05, 4.69) is 5.32 Å². The first-order valence-corrected chi connectivity index (χ1v) is 4.29. The Labute approximate surface area is 61.9 Å². The van der Waals surface area contributed by atoms with E-state index in [1.165, 1.54) is 19.3 Å². The smallest absolute Gasteiger partial charge is 0.0728 e. The van der Waals surface area contributed by atoms with E-state index in [1.807, 2.05) is 0 Å². The highest BCUT2D eigenvalue weighted by Crippen LogP contribution is 2.31. The second-order valence-corrected chi connectivity index (χ2v) is 3.30. The van der Waals surface area contributed by atoms with Crippen LogP contribution < -0.4 is 5.32 Å². The summed E-state index contributed by atoms with van der Waals surface area (Å²) in [4.78, 5) is 0. The van der Waals surface area contributed by atoms with E-state index in [-0.39, 0.29) is 0 Å². The fourth-order valence-electron chi connectivity index (χ4n) is 1.70. The van der Waals surface area contributed by atoms with Gasteiger partial charge in [0.15, 0.2) is 0 Å². The highest BCUT2D eigenvalue weighted by Gasteiger charge is 2.28. The maximum absolute atomic E-state index is 5.62. The zero-order valence-electron chi connectivity index (χ0n) is 6.31. The first-order chi connectivity index (χ1) is 4.97. The summed E-state index contributed by atoms with van der Waals surface area (Å²) in [5, 5.41) is 3.36. The molecule has 2 aliphatic rings. The molecule has 0 aromatic rings. The lowest BCUT2D eigenvalue weighted by molar-refractivity contribution is -0.0316. The van der Waals surface area contributed by atoms with Crippen molar-refractivity contribution in [2.45, 2.75) is 25.4 Å². The lowest BCUT2D eigenvalue weighted by atomic mass is 9.81. The van der Waals surface area contributed by atoms with Crippen molar-refractivity contribution in [1.82, 2.24) is 5.32 Å². The van der Waals surface area contributed by atoms with E-state index in [1.54, 1.807) is 0 Å². The molecule has 58 valence electrons. The first kappa shape index (κ1) is 6.62. The molecule has 0 amide bonds. The number of hydrogen-bond acceptors (Lipinski definition) is 2. The molecule has 2 nitrogen and oxygen atoms in total. The van der Waals surface area contributed by atoms with Crippen molar-refractivity contribution >= 4 is 0 Å². The number of ether oxygens (including phenoxy) is 1. The topological polar surface area (TPSA) is 21.3 Å². The van der Waals surface area contributed by atoms with Gasteiger partial charge in [0, 0.05) is 13.1 Å². The summed E-state index contributed by atoms with van der Waals surface area (Å²) >= 11 is 0. The van der Waals surface area contributed by atoms with Crippen LogP contribution in [0.5, 0.6) is 0 Å². The van der Waals surface area contributed by atoms with Gasteiger partial charge in [-0.1, -0.05) is 6.42 Å². The average Bonchev–Trinajstić information content (AvgIpc) is 1.86. The lowest BCUT2D eigenvalue weighted by Crippen LogP contribution is -2.44. The minimum atomic E-state index is 0.544. The van der Waals surface area contributed by atoms with Crippen molar-refractivity contribution in [3.05, 3.63) is 0 Å². The summed E-state index contributed by atoms with van der Waals surface area (Å²) < 4.78 is 5.62. The van der Waals surface area contributed by atoms with Gasteiger partial charge in [-0.05, 0) is 18.8 Å². The minimum absolute atomic E-state index is 0.544. The fraction of sp³-hybridized carbons (Fsp3) is 1.00. The third-order valence-corrected chi connectivity index (χ3v) is 2.63. The molecule has 0 spiro atoms. The lowest BCUT2D eigenvalue weighted by Gasteiger charge is -2.36. The largest absolute Gasteiger partial charge is 0.375 e. The molecule has 0 radical (unpaired) electrons. The normalized spacial score (nSPS) is 35.4. The number of morpholine rings is 1. The van der Waals surface area contributed by atoms with Crippen LogP contribution in [-0.2, 0) is 4.74 Å². The summed E-state index contributed by atoms with van der Waals surface area (Å²) in [6.45, 7) is 3.05. The highest BCUT2D eigenvalue weighted by atomic mass is 16.5. The van der Waals surface area contributed by atoms with Crippen molar-refractivity contribution in [2.24, 2.45) is 5.92 Å². The van der Waals surface area contributed by atoms with Crippen LogP contribution in [0.1, 0.15) is 19.3 Å². The van der Waals surface area contributed by atoms with E-state index in [4.69, 9.17) is 4.74 Å². The zero-order valence-corrected chi connectivity index (χ0v) is 6.31. The minimum Gasteiger partial charge on any atom is -0.375 e. The summed E-state index contributed by atoms with van der Waals surface area (Å²) in [7, 11) is 0. The van der Waals surface area contributed by atoms with Gasteiger partial charge in [0.05, 0.1) is 12.7 Å². The molecule has 2 heteroatoms. The van der Waals surface area contributed by atoms with E-state index in [0.717, 1.165) is 25.6 Å². The Bertz CT molecular complexity index is 106. The summed E-state index contributed by atoms with van der Waals surface area (Å²) in [5.74, 6) is 0.882. The fourth-order valence-corrected chi connectivity index (χ4v) is 1.70. The van der Waals surface area contributed by atoms with E-state index in [0.29, 0.717) is 6.10 Å². The van der Waals surface area contributed by atoms with Crippen LogP contribution in [0.25, 0.3) is 0 Å². The Kier molecular flexibility index (Phi) is 1.91. The van der Waals surface area contributed by atoms with Crippen molar-refractivity contribution in [1.29, 1.82) is 0 Å². The van der Waals surface area contributed by atoms with Crippen LogP contribution >= 0.6 is 0 Å². The predicted molar refractivity (Wildman–Crippen MR) is 40.0 cm³/mol. The standard InChI is InChI=1S/C8H15NO/c1-2-7(3-1)8-6-9-4-5-10-8/h7-9H,1-6H2. The first-order valence-electron chi connectivity index (χ1n) is 4.29.